The summed E-state index contributed by atoms with van der Waals surface area (Å²) in [4.78, 5) is 35.3. The number of ether oxygens (including phenoxy) is 1. The first kappa shape index (κ1) is 19.3. The smallest absolute Gasteiger partial charge is 0.335 e. The Morgan fingerprint density at radius 2 is 1.96 bits per heavy atom. The highest BCUT2D eigenvalue weighted by Gasteiger charge is 2.22. The Bertz CT molecular complexity index is 971. The van der Waals surface area contributed by atoms with Crippen molar-refractivity contribution in [2.24, 2.45) is 0 Å². The molecule has 2 aromatic rings. The zero-order valence-corrected chi connectivity index (χ0v) is 15.3. The summed E-state index contributed by atoms with van der Waals surface area (Å²) in [5.41, 5.74) is 0.890. The molecule has 0 saturated carbocycles. The molecule has 0 aromatic heterocycles. The number of amides is 2. The minimum atomic E-state index is -1.16. The molecule has 0 aliphatic carbocycles. The van der Waals surface area contributed by atoms with E-state index in [1.165, 1.54) is 24.3 Å². The lowest BCUT2D eigenvalue weighted by Gasteiger charge is -2.19. The molecular weight excluding hydrogens is 367 g/mol. The molecule has 0 spiro atoms. The third-order valence-corrected chi connectivity index (χ3v) is 4.17. The number of hydrogen-bond donors (Lipinski definition) is 3. The van der Waals surface area contributed by atoms with Gasteiger partial charge in [0.2, 0.25) is 5.91 Å². The highest BCUT2D eigenvalue weighted by molar-refractivity contribution is 6.06. The zero-order valence-electron chi connectivity index (χ0n) is 15.3. The van der Waals surface area contributed by atoms with Gasteiger partial charge in [0.05, 0.1) is 22.9 Å². The molecule has 3 rings (SSSR count). The van der Waals surface area contributed by atoms with Crippen LogP contribution in [0.25, 0.3) is 0 Å². The van der Waals surface area contributed by atoms with Crippen LogP contribution in [0.2, 0.25) is 0 Å². The van der Waals surface area contributed by atoms with Crippen molar-refractivity contribution in [1.29, 1.82) is 0 Å². The summed E-state index contributed by atoms with van der Waals surface area (Å²) in [5, 5.41) is 14.3. The number of carboxylic acid groups (broad SMARTS) is 1. The number of aromatic carboxylic acids is 1. The van der Waals surface area contributed by atoms with Crippen LogP contribution in [0.15, 0.2) is 30.3 Å². The second kappa shape index (κ2) is 7.67. The fraction of sp³-hybridized carbons (Fsp3) is 0.250. The SMILES string of the molecule is CC(C)Oc1ccc(C(=O)O)cc1NC(=O)c1cc2c(cc1F)NC(=O)CC2. The van der Waals surface area contributed by atoms with Crippen LogP contribution in [0.5, 0.6) is 5.75 Å². The minimum Gasteiger partial charge on any atom is -0.489 e. The molecular formula is C20H19FN2O5. The van der Waals surface area contributed by atoms with Gasteiger partial charge in [0.25, 0.3) is 5.91 Å². The molecule has 0 bridgehead atoms. The molecule has 146 valence electrons. The molecule has 8 heteroatoms. The number of hydrogen-bond acceptors (Lipinski definition) is 4. The summed E-state index contributed by atoms with van der Waals surface area (Å²) < 4.78 is 20.0. The van der Waals surface area contributed by atoms with Crippen LogP contribution in [-0.2, 0) is 11.2 Å². The van der Waals surface area contributed by atoms with Crippen molar-refractivity contribution in [2.75, 3.05) is 10.6 Å². The van der Waals surface area contributed by atoms with Crippen molar-refractivity contribution >= 4 is 29.2 Å². The molecule has 0 fully saturated rings. The summed E-state index contributed by atoms with van der Waals surface area (Å²) in [6.45, 7) is 3.57. The predicted molar refractivity (Wildman–Crippen MR) is 100 cm³/mol. The first-order valence-corrected chi connectivity index (χ1v) is 8.72. The first-order chi connectivity index (χ1) is 13.2. The molecule has 0 unspecified atom stereocenters. The van der Waals surface area contributed by atoms with E-state index >= 15 is 0 Å². The van der Waals surface area contributed by atoms with Gasteiger partial charge >= 0.3 is 5.97 Å². The molecule has 0 saturated heterocycles. The van der Waals surface area contributed by atoms with Crippen LogP contribution >= 0.6 is 0 Å². The molecule has 1 aliphatic heterocycles. The van der Waals surface area contributed by atoms with Crippen molar-refractivity contribution in [3.63, 3.8) is 0 Å². The Morgan fingerprint density at radius 3 is 2.64 bits per heavy atom. The van der Waals surface area contributed by atoms with E-state index in [0.29, 0.717) is 17.7 Å². The minimum absolute atomic E-state index is 0.0416. The van der Waals surface area contributed by atoms with E-state index in [2.05, 4.69) is 10.6 Å². The maximum absolute atomic E-state index is 14.4. The molecule has 1 heterocycles. The summed E-state index contributed by atoms with van der Waals surface area (Å²) in [7, 11) is 0. The maximum atomic E-state index is 14.4. The molecule has 1 aliphatic rings. The summed E-state index contributed by atoms with van der Waals surface area (Å²) in [6.07, 6.45) is 0.445. The molecule has 3 N–H and O–H groups in total. The summed E-state index contributed by atoms with van der Waals surface area (Å²) in [5.74, 6) is -2.63. The van der Waals surface area contributed by atoms with Gasteiger partial charge in [0.1, 0.15) is 11.6 Å². The fourth-order valence-electron chi connectivity index (χ4n) is 2.88. The molecule has 7 nitrogen and oxygen atoms in total. The van der Waals surface area contributed by atoms with Crippen LogP contribution in [0.1, 0.15) is 46.5 Å². The van der Waals surface area contributed by atoms with Crippen molar-refractivity contribution in [2.45, 2.75) is 32.8 Å². The fourth-order valence-corrected chi connectivity index (χ4v) is 2.88. The van der Waals surface area contributed by atoms with Crippen LogP contribution in [0.4, 0.5) is 15.8 Å². The lowest BCUT2D eigenvalue weighted by atomic mass is 9.99. The molecule has 0 atom stereocenters. The van der Waals surface area contributed by atoms with E-state index < -0.39 is 17.7 Å². The number of nitrogens with one attached hydrogen (secondary N) is 2. The third kappa shape index (κ3) is 4.11. The average Bonchev–Trinajstić information content (AvgIpc) is 2.61. The van der Waals surface area contributed by atoms with E-state index in [1.54, 1.807) is 13.8 Å². The van der Waals surface area contributed by atoms with E-state index in [0.717, 1.165) is 6.07 Å². The number of carbonyl (C=O) groups excluding carboxylic acids is 2. The van der Waals surface area contributed by atoms with Gasteiger partial charge in [-0.3, -0.25) is 9.59 Å². The Morgan fingerprint density at radius 1 is 1.21 bits per heavy atom. The summed E-state index contributed by atoms with van der Waals surface area (Å²) in [6, 6.07) is 6.56. The number of fused-ring (bicyclic) bond motifs is 1. The Kier molecular flexibility index (Phi) is 5.30. The largest absolute Gasteiger partial charge is 0.489 e. The van der Waals surface area contributed by atoms with Crippen LogP contribution in [0, 0.1) is 5.82 Å². The van der Waals surface area contributed by atoms with Gasteiger partial charge in [0.15, 0.2) is 0 Å². The molecule has 2 aromatic carbocycles. The van der Waals surface area contributed by atoms with Crippen molar-refractivity contribution in [3.8, 4) is 5.75 Å². The normalized spacial score (nSPS) is 12.9. The van der Waals surface area contributed by atoms with E-state index in [4.69, 9.17) is 4.74 Å². The van der Waals surface area contributed by atoms with Crippen molar-refractivity contribution in [3.05, 3.63) is 52.8 Å². The standard InChI is InChI=1S/C20H19FN2O5/c1-10(2)28-17-5-3-12(20(26)27)8-16(17)23-19(25)13-7-11-4-6-18(24)22-15(11)9-14(13)21/h3,5,7-10H,4,6H2,1-2H3,(H,22,24)(H,23,25)(H,26,27). The lowest BCUT2D eigenvalue weighted by molar-refractivity contribution is -0.116. The Balaban J connectivity index is 1.93. The molecule has 0 radical (unpaired) electrons. The number of carbonyl (C=O) groups is 3. The monoisotopic (exact) mass is 386 g/mol. The Hall–Kier alpha value is -3.42. The van der Waals surface area contributed by atoms with E-state index in [9.17, 15) is 23.9 Å². The average molecular weight is 386 g/mol. The number of rotatable bonds is 5. The number of benzene rings is 2. The maximum Gasteiger partial charge on any atom is 0.335 e. The van der Waals surface area contributed by atoms with Crippen molar-refractivity contribution < 1.29 is 28.6 Å². The highest BCUT2D eigenvalue weighted by atomic mass is 19.1. The third-order valence-electron chi connectivity index (χ3n) is 4.17. The molecule has 2 amide bonds. The topological polar surface area (TPSA) is 105 Å². The van der Waals surface area contributed by atoms with Gasteiger partial charge in [-0.1, -0.05) is 0 Å². The summed E-state index contributed by atoms with van der Waals surface area (Å²) >= 11 is 0. The number of anilines is 2. The number of halogens is 1. The van der Waals surface area contributed by atoms with Gasteiger partial charge in [-0.25, -0.2) is 9.18 Å². The van der Waals surface area contributed by atoms with Crippen LogP contribution in [0.3, 0.4) is 0 Å². The number of aryl methyl sites for hydroxylation is 1. The highest BCUT2D eigenvalue weighted by Crippen LogP contribution is 2.30. The predicted octanol–water partition coefficient (Wildman–Crippen LogP) is 3.45. The zero-order chi connectivity index (χ0) is 20.4. The number of carboxylic acids is 1. The van der Waals surface area contributed by atoms with Gasteiger partial charge in [-0.15, -0.1) is 0 Å². The second-order valence-electron chi connectivity index (χ2n) is 6.67. The quantitative estimate of drug-likeness (QED) is 0.730. The lowest BCUT2D eigenvalue weighted by Crippen LogP contribution is -2.21. The Labute approximate surface area is 160 Å². The van der Waals surface area contributed by atoms with Gasteiger partial charge in [-0.2, -0.15) is 0 Å². The van der Waals surface area contributed by atoms with Crippen LogP contribution < -0.4 is 15.4 Å². The van der Waals surface area contributed by atoms with Gasteiger partial charge in [-0.05, 0) is 56.2 Å². The van der Waals surface area contributed by atoms with Crippen LogP contribution in [-0.4, -0.2) is 29.0 Å². The van der Waals surface area contributed by atoms with Gasteiger partial charge in [0, 0.05) is 12.1 Å². The van der Waals surface area contributed by atoms with E-state index in [1.807, 2.05) is 0 Å². The molecule has 28 heavy (non-hydrogen) atoms. The first-order valence-electron chi connectivity index (χ1n) is 8.72. The van der Waals surface area contributed by atoms with Crippen molar-refractivity contribution in [1.82, 2.24) is 0 Å². The van der Waals surface area contributed by atoms with Gasteiger partial charge < -0.3 is 20.5 Å². The van der Waals surface area contributed by atoms with E-state index in [-0.39, 0.29) is 41.0 Å². The second-order valence-corrected chi connectivity index (χ2v) is 6.67.